The number of hydrogen-bond donors (Lipinski definition) is 0. The molecule has 0 aliphatic heterocycles. The molecule has 0 bridgehead atoms. The first-order valence-corrected chi connectivity index (χ1v) is 9.75. The average molecular weight is 434 g/mol. The second-order valence-electron chi connectivity index (χ2n) is 7.84. The van der Waals surface area contributed by atoms with Crippen LogP contribution in [0.25, 0.3) is 0 Å². The van der Waals surface area contributed by atoms with Crippen molar-refractivity contribution >= 4 is 0 Å². The number of ether oxygens (including phenoxy) is 1. The first-order chi connectivity index (χ1) is 14.1. The molecule has 1 fully saturated rings. The van der Waals surface area contributed by atoms with E-state index in [1.807, 2.05) is 0 Å². The fourth-order valence-corrected chi connectivity index (χ4v) is 3.78. The van der Waals surface area contributed by atoms with Gasteiger partial charge in [-0.2, -0.15) is 8.78 Å². The van der Waals surface area contributed by atoms with E-state index in [9.17, 15) is 30.7 Å². The Hall–Kier alpha value is -2.25. The minimum Gasteiger partial charge on any atom is -0.432 e. The van der Waals surface area contributed by atoms with Gasteiger partial charge in [-0.05, 0) is 42.2 Å². The van der Waals surface area contributed by atoms with Crippen molar-refractivity contribution in [2.75, 3.05) is 0 Å². The third kappa shape index (κ3) is 5.08. The molecule has 0 unspecified atom stereocenters. The molecule has 0 heterocycles. The molecule has 0 spiro atoms. The molecule has 1 nitrogen and oxygen atoms in total. The molecule has 30 heavy (non-hydrogen) atoms. The van der Waals surface area contributed by atoms with Crippen LogP contribution in [0.3, 0.4) is 0 Å². The van der Waals surface area contributed by atoms with Crippen LogP contribution in [-0.4, -0.2) is 6.11 Å². The number of benzene rings is 2. The predicted molar refractivity (Wildman–Crippen MR) is 96.9 cm³/mol. The fourth-order valence-electron chi connectivity index (χ4n) is 3.78. The molecule has 0 N–H and O–H groups in total. The zero-order valence-electron chi connectivity index (χ0n) is 16.3. The van der Waals surface area contributed by atoms with E-state index < -0.39 is 53.8 Å². The monoisotopic (exact) mass is 434 g/mol. The molecule has 164 valence electrons. The molecule has 1 saturated carbocycles. The van der Waals surface area contributed by atoms with Crippen LogP contribution < -0.4 is 4.74 Å². The van der Waals surface area contributed by atoms with Gasteiger partial charge in [0.25, 0.3) is 0 Å². The first kappa shape index (κ1) is 22.4. The molecule has 2 aromatic rings. The van der Waals surface area contributed by atoms with Crippen LogP contribution in [0, 0.1) is 35.0 Å². The van der Waals surface area contributed by atoms with Crippen molar-refractivity contribution in [1.82, 2.24) is 0 Å². The van der Waals surface area contributed by atoms with Crippen molar-refractivity contribution in [2.24, 2.45) is 5.92 Å². The summed E-state index contributed by atoms with van der Waals surface area (Å²) >= 11 is 0. The van der Waals surface area contributed by atoms with Crippen molar-refractivity contribution in [2.45, 2.75) is 57.5 Å². The highest BCUT2D eigenvalue weighted by Gasteiger charge is 2.33. The Labute approximate surface area is 169 Å². The van der Waals surface area contributed by atoms with E-state index in [0.717, 1.165) is 25.7 Å². The molecule has 8 heteroatoms. The van der Waals surface area contributed by atoms with Crippen molar-refractivity contribution in [1.29, 1.82) is 0 Å². The third-order valence-corrected chi connectivity index (χ3v) is 5.56. The van der Waals surface area contributed by atoms with Gasteiger partial charge in [0.15, 0.2) is 29.1 Å². The zero-order valence-corrected chi connectivity index (χ0v) is 16.3. The molecule has 0 saturated heterocycles. The molecule has 0 atom stereocenters. The van der Waals surface area contributed by atoms with Gasteiger partial charge in [-0.15, -0.1) is 0 Å². The van der Waals surface area contributed by atoms with E-state index in [2.05, 4.69) is 11.7 Å². The Bertz CT molecular complexity index is 882. The van der Waals surface area contributed by atoms with Crippen molar-refractivity contribution < 1.29 is 35.5 Å². The molecule has 0 radical (unpaired) electrons. The van der Waals surface area contributed by atoms with Crippen molar-refractivity contribution in [3.63, 3.8) is 0 Å². The Morgan fingerprint density at radius 2 is 1.47 bits per heavy atom. The van der Waals surface area contributed by atoms with E-state index in [0.29, 0.717) is 5.92 Å². The van der Waals surface area contributed by atoms with Crippen LogP contribution in [0.2, 0.25) is 0 Å². The van der Waals surface area contributed by atoms with Gasteiger partial charge in [0.1, 0.15) is 5.75 Å². The lowest BCUT2D eigenvalue weighted by molar-refractivity contribution is -0.180. The maximum absolute atomic E-state index is 14.5. The molecule has 1 aliphatic rings. The Morgan fingerprint density at radius 1 is 0.867 bits per heavy atom. The van der Waals surface area contributed by atoms with Gasteiger partial charge < -0.3 is 4.74 Å². The maximum Gasteiger partial charge on any atom is 0.398 e. The summed E-state index contributed by atoms with van der Waals surface area (Å²) in [6.45, 7) is 2.10. The predicted octanol–water partition coefficient (Wildman–Crippen LogP) is 7.28. The number of aryl methyl sites for hydroxylation is 1. The smallest absolute Gasteiger partial charge is 0.398 e. The van der Waals surface area contributed by atoms with E-state index in [-0.39, 0.29) is 29.2 Å². The second kappa shape index (κ2) is 8.86. The Balaban J connectivity index is 1.68. The molecule has 0 aromatic heterocycles. The minimum absolute atomic E-state index is 0.0993. The number of halogens is 7. The van der Waals surface area contributed by atoms with Gasteiger partial charge in [-0.3, -0.25) is 0 Å². The third-order valence-electron chi connectivity index (χ3n) is 5.56. The van der Waals surface area contributed by atoms with Crippen LogP contribution in [0.5, 0.6) is 5.75 Å². The maximum atomic E-state index is 14.5. The summed E-state index contributed by atoms with van der Waals surface area (Å²) in [5, 5.41) is 0. The first-order valence-electron chi connectivity index (χ1n) is 9.75. The standard InChI is InChI=1S/C22H21F7O/c1-12-2-4-13(5-3-12)16-7-6-14(19(25)20(16)26)8-9-22(28,29)30-15-10-17(23)21(27)18(24)11-15/h6-7,10-13H,2-5,8-9H2,1H3. The lowest BCUT2D eigenvalue weighted by Gasteiger charge is -2.27. The summed E-state index contributed by atoms with van der Waals surface area (Å²) in [6, 6.07) is 3.27. The van der Waals surface area contributed by atoms with Gasteiger partial charge >= 0.3 is 6.11 Å². The highest BCUT2D eigenvalue weighted by Crippen LogP contribution is 2.38. The molecule has 3 rings (SSSR count). The minimum atomic E-state index is -3.93. The Morgan fingerprint density at radius 3 is 2.07 bits per heavy atom. The van der Waals surface area contributed by atoms with Crippen LogP contribution in [0.4, 0.5) is 30.7 Å². The van der Waals surface area contributed by atoms with Crippen molar-refractivity contribution in [3.05, 3.63) is 64.5 Å². The van der Waals surface area contributed by atoms with Crippen LogP contribution in [0.15, 0.2) is 24.3 Å². The summed E-state index contributed by atoms with van der Waals surface area (Å²) in [7, 11) is 0. The van der Waals surface area contributed by atoms with Gasteiger partial charge in [-0.25, -0.2) is 22.0 Å². The van der Waals surface area contributed by atoms with E-state index in [4.69, 9.17) is 0 Å². The molecule has 0 amide bonds. The van der Waals surface area contributed by atoms with Crippen LogP contribution in [0.1, 0.15) is 56.1 Å². The van der Waals surface area contributed by atoms with Crippen LogP contribution >= 0.6 is 0 Å². The van der Waals surface area contributed by atoms with Gasteiger partial charge in [0.2, 0.25) is 0 Å². The lowest BCUT2D eigenvalue weighted by Crippen LogP contribution is -2.26. The lowest BCUT2D eigenvalue weighted by atomic mass is 9.79. The summed E-state index contributed by atoms with van der Waals surface area (Å²) in [5.74, 6) is -7.85. The summed E-state index contributed by atoms with van der Waals surface area (Å²) < 4.78 is 100. The summed E-state index contributed by atoms with van der Waals surface area (Å²) in [5.41, 5.74) is 0.00333. The molecule has 2 aromatic carbocycles. The van der Waals surface area contributed by atoms with Gasteiger partial charge in [-0.1, -0.05) is 31.9 Å². The molecular weight excluding hydrogens is 413 g/mol. The SMILES string of the molecule is CC1CCC(c2ccc(CCC(F)(F)Oc3cc(F)c(F)c(F)c3)c(F)c2F)CC1. The molecular formula is C22H21F7O. The van der Waals surface area contributed by atoms with E-state index in [1.165, 1.54) is 12.1 Å². The Kier molecular flexibility index (Phi) is 6.62. The normalized spacial score (nSPS) is 19.7. The van der Waals surface area contributed by atoms with Gasteiger partial charge in [0.05, 0.1) is 6.42 Å². The molecule has 1 aliphatic carbocycles. The fraction of sp³-hybridized carbons (Fsp3) is 0.455. The number of alkyl halides is 2. The average Bonchev–Trinajstić information content (AvgIpc) is 2.68. The van der Waals surface area contributed by atoms with E-state index in [1.54, 1.807) is 0 Å². The number of hydrogen-bond acceptors (Lipinski definition) is 1. The van der Waals surface area contributed by atoms with Crippen molar-refractivity contribution in [3.8, 4) is 5.75 Å². The zero-order chi connectivity index (χ0) is 22.1. The largest absolute Gasteiger partial charge is 0.432 e. The van der Waals surface area contributed by atoms with Crippen LogP contribution in [-0.2, 0) is 6.42 Å². The van der Waals surface area contributed by atoms with E-state index >= 15 is 0 Å². The quantitative estimate of drug-likeness (QED) is 0.343. The van der Waals surface area contributed by atoms with Gasteiger partial charge in [0, 0.05) is 12.1 Å². The highest BCUT2D eigenvalue weighted by molar-refractivity contribution is 5.30. The number of rotatable bonds is 6. The summed E-state index contributed by atoms with van der Waals surface area (Å²) in [6.07, 6.45) is -2.24. The summed E-state index contributed by atoms with van der Waals surface area (Å²) in [4.78, 5) is 0. The second-order valence-corrected chi connectivity index (χ2v) is 7.84. The highest BCUT2D eigenvalue weighted by atomic mass is 19.3. The topological polar surface area (TPSA) is 9.23 Å².